The molecule has 4 aromatic rings. The van der Waals surface area contributed by atoms with Crippen LogP contribution >= 0.6 is 22.9 Å². The third-order valence-electron chi connectivity index (χ3n) is 4.01. The maximum atomic E-state index is 12.3. The predicted molar refractivity (Wildman–Crippen MR) is 105 cm³/mol. The summed E-state index contributed by atoms with van der Waals surface area (Å²) in [5.41, 5.74) is 0.679. The number of aromatic nitrogens is 2. The fraction of sp³-hybridized carbons (Fsp3) is 0.105. The number of amides is 1. The van der Waals surface area contributed by atoms with Crippen molar-refractivity contribution in [3.8, 4) is 11.3 Å². The molecule has 0 bridgehead atoms. The van der Waals surface area contributed by atoms with Gasteiger partial charge in [0.25, 0.3) is 5.56 Å². The lowest BCUT2D eigenvalue weighted by Gasteiger charge is -2.06. The van der Waals surface area contributed by atoms with E-state index in [4.69, 9.17) is 16.0 Å². The van der Waals surface area contributed by atoms with Gasteiger partial charge in [0.15, 0.2) is 0 Å². The van der Waals surface area contributed by atoms with E-state index in [0.717, 1.165) is 5.56 Å². The quantitative estimate of drug-likeness (QED) is 0.555. The molecule has 3 heterocycles. The Hall–Kier alpha value is -2.90. The molecule has 0 unspecified atom stereocenters. The Morgan fingerprint density at radius 2 is 2.00 bits per heavy atom. The van der Waals surface area contributed by atoms with Gasteiger partial charge in [0, 0.05) is 10.6 Å². The first-order valence-electron chi connectivity index (χ1n) is 8.14. The van der Waals surface area contributed by atoms with Crippen molar-refractivity contribution in [1.29, 1.82) is 0 Å². The molecule has 1 aromatic carbocycles. The SMILES string of the molecule is O=C(Cn1cnc2sccc2c1=O)NCc1ccc(-c2ccc(Cl)cc2)o1. The summed E-state index contributed by atoms with van der Waals surface area (Å²) in [5, 5.41) is 5.73. The molecule has 6 nitrogen and oxygen atoms in total. The Balaban J connectivity index is 1.40. The molecule has 8 heteroatoms. The summed E-state index contributed by atoms with van der Waals surface area (Å²) < 4.78 is 7.04. The average Bonchev–Trinajstić information content (AvgIpc) is 3.33. The van der Waals surface area contributed by atoms with Crippen LogP contribution in [0.2, 0.25) is 5.02 Å². The second-order valence-electron chi connectivity index (χ2n) is 5.87. The Morgan fingerprint density at radius 1 is 1.19 bits per heavy atom. The number of nitrogens with one attached hydrogen (secondary N) is 1. The molecule has 0 atom stereocenters. The largest absolute Gasteiger partial charge is 0.459 e. The second kappa shape index (κ2) is 7.38. The number of thiophene rings is 1. The molecule has 0 aliphatic heterocycles. The molecule has 0 spiro atoms. The average molecular weight is 400 g/mol. The fourth-order valence-corrected chi connectivity index (χ4v) is 3.49. The van der Waals surface area contributed by atoms with Crippen LogP contribution < -0.4 is 10.9 Å². The van der Waals surface area contributed by atoms with Crippen molar-refractivity contribution in [1.82, 2.24) is 14.9 Å². The molecule has 0 radical (unpaired) electrons. The van der Waals surface area contributed by atoms with E-state index in [-0.39, 0.29) is 24.6 Å². The summed E-state index contributed by atoms with van der Waals surface area (Å²) in [4.78, 5) is 29.3. The zero-order valence-corrected chi connectivity index (χ0v) is 15.6. The highest BCUT2D eigenvalue weighted by Gasteiger charge is 2.10. The lowest BCUT2D eigenvalue weighted by molar-refractivity contribution is -0.121. The first-order valence-corrected chi connectivity index (χ1v) is 9.40. The number of carbonyl (C=O) groups is 1. The summed E-state index contributed by atoms with van der Waals surface area (Å²) >= 11 is 7.28. The lowest BCUT2D eigenvalue weighted by Crippen LogP contribution is -2.31. The first-order chi connectivity index (χ1) is 13.1. The minimum Gasteiger partial charge on any atom is -0.459 e. The third-order valence-corrected chi connectivity index (χ3v) is 5.09. The van der Waals surface area contributed by atoms with Gasteiger partial charge in [-0.05, 0) is 47.8 Å². The van der Waals surface area contributed by atoms with Crippen LogP contribution in [0.4, 0.5) is 0 Å². The highest BCUT2D eigenvalue weighted by atomic mass is 35.5. The normalized spacial score (nSPS) is 11.0. The molecule has 4 rings (SSSR count). The van der Waals surface area contributed by atoms with E-state index in [1.165, 1.54) is 22.2 Å². The number of furan rings is 1. The van der Waals surface area contributed by atoms with Gasteiger partial charge >= 0.3 is 0 Å². The van der Waals surface area contributed by atoms with Crippen molar-refractivity contribution in [2.75, 3.05) is 0 Å². The summed E-state index contributed by atoms with van der Waals surface area (Å²) in [6.07, 6.45) is 1.40. The Morgan fingerprint density at radius 3 is 2.81 bits per heavy atom. The number of carbonyl (C=O) groups excluding carboxylic acids is 1. The number of halogens is 1. The number of fused-ring (bicyclic) bond motifs is 1. The van der Waals surface area contributed by atoms with Crippen LogP contribution in [0.15, 0.2) is 63.4 Å². The van der Waals surface area contributed by atoms with E-state index in [2.05, 4.69) is 10.3 Å². The van der Waals surface area contributed by atoms with Gasteiger partial charge in [-0.3, -0.25) is 14.2 Å². The maximum absolute atomic E-state index is 12.3. The highest BCUT2D eigenvalue weighted by Crippen LogP contribution is 2.23. The fourth-order valence-electron chi connectivity index (χ4n) is 2.64. The van der Waals surface area contributed by atoms with Gasteiger partial charge in [0.1, 0.15) is 22.9 Å². The van der Waals surface area contributed by atoms with Crippen molar-refractivity contribution >= 4 is 39.1 Å². The molecule has 1 N–H and O–H groups in total. The van der Waals surface area contributed by atoms with Gasteiger partial charge in [-0.1, -0.05) is 11.6 Å². The molecule has 0 fully saturated rings. The lowest BCUT2D eigenvalue weighted by atomic mass is 10.2. The van der Waals surface area contributed by atoms with Crippen LogP contribution in [0.25, 0.3) is 21.5 Å². The molecule has 0 saturated heterocycles. The molecular weight excluding hydrogens is 386 g/mol. The van der Waals surface area contributed by atoms with Gasteiger partial charge in [-0.15, -0.1) is 11.3 Å². The van der Waals surface area contributed by atoms with Crippen molar-refractivity contribution in [2.45, 2.75) is 13.1 Å². The van der Waals surface area contributed by atoms with Crippen LogP contribution in [0.1, 0.15) is 5.76 Å². The first kappa shape index (κ1) is 17.5. The number of benzene rings is 1. The van der Waals surface area contributed by atoms with Crippen molar-refractivity contribution in [3.05, 3.63) is 75.3 Å². The van der Waals surface area contributed by atoms with Gasteiger partial charge in [0.05, 0.1) is 18.3 Å². The standard InChI is InChI=1S/C19H14ClN3O3S/c20-13-3-1-12(2-4-13)16-6-5-14(26-16)9-21-17(24)10-23-11-22-18-15(19(23)25)7-8-27-18/h1-8,11H,9-10H2,(H,21,24). The Labute approximate surface area is 163 Å². The Bertz CT molecular complexity index is 1160. The van der Waals surface area contributed by atoms with Crippen LogP contribution in [0.5, 0.6) is 0 Å². The van der Waals surface area contributed by atoms with Gasteiger partial charge in [-0.2, -0.15) is 0 Å². The molecule has 27 heavy (non-hydrogen) atoms. The van der Waals surface area contributed by atoms with Crippen molar-refractivity contribution in [3.63, 3.8) is 0 Å². The summed E-state index contributed by atoms with van der Waals surface area (Å²) in [5.74, 6) is 1.02. The Kier molecular flexibility index (Phi) is 4.79. The van der Waals surface area contributed by atoms with Gasteiger partial charge < -0.3 is 9.73 Å². The van der Waals surface area contributed by atoms with E-state index >= 15 is 0 Å². The van der Waals surface area contributed by atoms with E-state index in [1.54, 1.807) is 29.6 Å². The van der Waals surface area contributed by atoms with Crippen LogP contribution in [-0.4, -0.2) is 15.5 Å². The minimum atomic E-state index is -0.294. The summed E-state index contributed by atoms with van der Waals surface area (Å²) in [6.45, 7) is 0.137. The molecular formula is C19H14ClN3O3S. The van der Waals surface area contributed by atoms with Crippen molar-refractivity contribution < 1.29 is 9.21 Å². The third kappa shape index (κ3) is 3.79. The molecule has 0 aliphatic rings. The van der Waals surface area contributed by atoms with Gasteiger partial charge in [0.2, 0.25) is 5.91 Å². The maximum Gasteiger partial charge on any atom is 0.262 e. The number of hydrogen-bond acceptors (Lipinski definition) is 5. The molecule has 1 amide bonds. The van der Waals surface area contributed by atoms with E-state index in [0.29, 0.717) is 26.8 Å². The molecule has 136 valence electrons. The van der Waals surface area contributed by atoms with Crippen LogP contribution in [0.3, 0.4) is 0 Å². The van der Waals surface area contributed by atoms with E-state index in [9.17, 15) is 9.59 Å². The topological polar surface area (TPSA) is 77.1 Å². The number of hydrogen-bond donors (Lipinski definition) is 1. The van der Waals surface area contributed by atoms with Crippen LogP contribution in [-0.2, 0) is 17.9 Å². The molecule has 0 aliphatic carbocycles. The zero-order valence-electron chi connectivity index (χ0n) is 14.0. The van der Waals surface area contributed by atoms with Gasteiger partial charge in [-0.25, -0.2) is 4.98 Å². The second-order valence-corrected chi connectivity index (χ2v) is 7.20. The molecule has 0 saturated carbocycles. The smallest absolute Gasteiger partial charge is 0.262 e. The monoisotopic (exact) mass is 399 g/mol. The van der Waals surface area contributed by atoms with E-state index < -0.39 is 0 Å². The van der Waals surface area contributed by atoms with Crippen molar-refractivity contribution in [2.24, 2.45) is 0 Å². The summed E-state index contributed by atoms with van der Waals surface area (Å²) in [6, 6.07) is 12.7. The number of rotatable bonds is 5. The zero-order chi connectivity index (χ0) is 18.8. The van der Waals surface area contributed by atoms with E-state index in [1.807, 2.05) is 18.2 Å². The highest BCUT2D eigenvalue weighted by molar-refractivity contribution is 7.16. The molecule has 3 aromatic heterocycles. The predicted octanol–water partition coefficient (Wildman–Crippen LogP) is 3.69. The van der Waals surface area contributed by atoms with Crippen LogP contribution in [0, 0.1) is 0 Å². The number of nitrogens with zero attached hydrogens (tertiary/aromatic N) is 2. The minimum absolute atomic E-state index is 0.0949. The summed E-state index contributed by atoms with van der Waals surface area (Å²) in [7, 11) is 0.